The van der Waals surface area contributed by atoms with Crippen molar-refractivity contribution in [1.29, 1.82) is 0 Å². The first kappa shape index (κ1) is 14.1. The third-order valence-electron chi connectivity index (χ3n) is 2.50. The van der Waals surface area contributed by atoms with E-state index in [9.17, 15) is 4.79 Å². The number of carbonyl (C=O) groups excluding carboxylic acids is 1. The van der Waals surface area contributed by atoms with Gasteiger partial charge in [-0.3, -0.25) is 0 Å². The van der Waals surface area contributed by atoms with E-state index in [1.54, 1.807) is 6.20 Å². The summed E-state index contributed by atoms with van der Waals surface area (Å²) in [5.41, 5.74) is 1.38. The average Bonchev–Trinajstić information content (AvgIpc) is 2.76. The van der Waals surface area contributed by atoms with Crippen LogP contribution in [0, 0.1) is 0 Å². The second kappa shape index (κ2) is 5.77. The molecule has 0 spiro atoms. The van der Waals surface area contributed by atoms with Gasteiger partial charge in [0.2, 0.25) is 0 Å². The van der Waals surface area contributed by atoms with Crippen LogP contribution < -0.4 is 5.32 Å². The monoisotopic (exact) mass is 273 g/mol. The molecule has 0 aliphatic rings. The Kier molecular flexibility index (Phi) is 4.08. The molecule has 1 N–H and O–H groups in total. The Labute approximate surface area is 118 Å². The summed E-state index contributed by atoms with van der Waals surface area (Å²) < 4.78 is 7.12. The largest absolute Gasteiger partial charge is 0.444 e. The summed E-state index contributed by atoms with van der Waals surface area (Å²) in [6.45, 7) is 5.91. The maximum Gasteiger partial charge on any atom is 0.407 e. The molecule has 2 rings (SSSR count). The van der Waals surface area contributed by atoms with Crippen molar-refractivity contribution in [2.75, 3.05) is 6.54 Å². The molecule has 0 aromatic carbocycles. The second-order valence-corrected chi connectivity index (χ2v) is 5.40. The highest BCUT2D eigenvalue weighted by atomic mass is 16.6. The predicted octanol–water partition coefficient (Wildman–Crippen LogP) is 2.87. The minimum atomic E-state index is -0.477. The highest BCUT2D eigenvalue weighted by Gasteiger charge is 2.14. The molecule has 0 fully saturated rings. The zero-order chi connectivity index (χ0) is 14.6. The molecule has 2 aromatic heterocycles. The topological polar surface area (TPSA) is 55.6 Å². The molecule has 0 unspecified atom stereocenters. The standard InChI is InChI=1S/C15H19N3O2/c1-15(2,3)20-14(19)16-9-6-7-12-11-17-13-8-4-5-10-18(12)13/h4-8,10-11H,9H2,1-3H3,(H,16,19). The van der Waals surface area contributed by atoms with E-state index in [2.05, 4.69) is 10.3 Å². The van der Waals surface area contributed by atoms with E-state index in [1.807, 2.05) is 61.7 Å². The van der Waals surface area contributed by atoms with Gasteiger partial charge in [0.25, 0.3) is 0 Å². The van der Waals surface area contributed by atoms with Crippen LogP contribution in [-0.2, 0) is 4.74 Å². The van der Waals surface area contributed by atoms with Crippen molar-refractivity contribution in [3.8, 4) is 0 Å². The molecule has 0 aliphatic carbocycles. The van der Waals surface area contributed by atoms with Crippen LogP contribution in [0.2, 0.25) is 0 Å². The van der Waals surface area contributed by atoms with Crippen LogP contribution in [0.1, 0.15) is 26.5 Å². The first-order valence-electron chi connectivity index (χ1n) is 6.51. The van der Waals surface area contributed by atoms with E-state index in [-0.39, 0.29) is 0 Å². The van der Waals surface area contributed by atoms with E-state index in [1.165, 1.54) is 0 Å². The first-order chi connectivity index (χ1) is 9.46. The zero-order valence-corrected chi connectivity index (χ0v) is 12.0. The quantitative estimate of drug-likeness (QED) is 0.935. The van der Waals surface area contributed by atoms with E-state index in [0.29, 0.717) is 6.54 Å². The van der Waals surface area contributed by atoms with Gasteiger partial charge in [-0.15, -0.1) is 0 Å². The summed E-state index contributed by atoms with van der Waals surface area (Å²) >= 11 is 0. The van der Waals surface area contributed by atoms with Crippen LogP contribution in [0.5, 0.6) is 0 Å². The van der Waals surface area contributed by atoms with Crippen molar-refractivity contribution in [3.63, 3.8) is 0 Å². The fourth-order valence-corrected chi connectivity index (χ4v) is 1.71. The number of hydrogen-bond donors (Lipinski definition) is 1. The number of carbonyl (C=O) groups is 1. The van der Waals surface area contributed by atoms with Gasteiger partial charge in [-0.05, 0) is 39.0 Å². The molecule has 0 bridgehead atoms. The maximum absolute atomic E-state index is 11.4. The SMILES string of the molecule is CC(C)(C)OC(=O)NCC=Cc1cnc2ccccn12. The van der Waals surface area contributed by atoms with Gasteiger partial charge in [-0.25, -0.2) is 9.78 Å². The number of fused-ring (bicyclic) bond motifs is 1. The number of pyridine rings is 1. The number of amides is 1. The van der Waals surface area contributed by atoms with E-state index < -0.39 is 11.7 Å². The Hall–Kier alpha value is -2.30. The summed E-state index contributed by atoms with van der Waals surface area (Å²) in [5.74, 6) is 0. The molecule has 1 amide bonds. The van der Waals surface area contributed by atoms with Gasteiger partial charge in [0, 0.05) is 12.7 Å². The lowest BCUT2D eigenvalue weighted by molar-refractivity contribution is 0.0534. The Morgan fingerprint density at radius 2 is 2.25 bits per heavy atom. The average molecular weight is 273 g/mol. The van der Waals surface area contributed by atoms with Crippen LogP contribution in [0.25, 0.3) is 11.7 Å². The van der Waals surface area contributed by atoms with Crippen molar-refractivity contribution < 1.29 is 9.53 Å². The molecule has 5 heteroatoms. The molecule has 0 radical (unpaired) electrons. The summed E-state index contributed by atoms with van der Waals surface area (Å²) in [7, 11) is 0. The van der Waals surface area contributed by atoms with E-state index in [0.717, 1.165) is 11.3 Å². The predicted molar refractivity (Wildman–Crippen MR) is 78.5 cm³/mol. The molecule has 0 saturated heterocycles. The zero-order valence-electron chi connectivity index (χ0n) is 12.0. The third-order valence-corrected chi connectivity index (χ3v) is 2.50. The lowest BCUT2D eigenvalue weighted by Gasteiger charge is -2.19. The fraction of sp³-hybridized carbons (Fsp3) is 0.333. The van der Waals surface area contributed by atoms with Crippen LogP contribution in [-0.4, -0.2) is 27.6 Å². The molecule has 0 atom stereocenters. The second-order valence-electron chi connectivity index (χ2n) is 5.40. The summed E-state index contributed by atoms with van der Waals surface area (Å²) in [5, 5.41) is 2.67. The first-order valence-corrected chi connectivity index (χ1v) is 6.51. The van der Waals surface area contributed by atoms with Crippen molar-refractivity contribution in [2.45, 2.75) is 26.4 Å². The molecule has 0 saturated carbocycles. The Balaban J connectivity index is 1.89. The number of hydrogen-bond acceptors (Lipinski definition) is 3. The number of nitrogens with one attached hydrogen (secondary N) is 1. The molecule has 2 heterocycles. The lowest BCUT2D eigenvalue weighted by Crippen LogP contribution is -2.32. The molecular formula is C15H19N3O2. The van der Waals surface area contributed by atoms with Crippen molar-refractivity contribution in [2.24, 2.45) is 0 Å². The summed E-state index contributed by atoms with van der Waals surface area (Å²) in [4.78, 5) is 15.7. The number of rotatable bonds is 3. The van der Waals surface area contributed by atoms with Gasteiger partial charge in [0.1, 0.15) is 11.2 Å². The number of imidazole rings is 1. The highest BCUT2D eigenvalue weighted by Crippen LogP contribution is 2.08. The Bertz CT molecular complexity index is 623. The van der Waals surface area contributed by atoms with Gasteiger partial charge in [-0.2, -0.15) is 0 Å². The minimum Gasteiger partial charge on any atom is -0.444 e. The molecular weight excluding hydrogens is 254 g/mol. The number of alkyl carbamates (subject to hydrolysis) is 1. The maximum atomic E-state index is 11.4. The van der Waals surface area contributed by atoms with Gasteiger partial charge < -0.3 is 14.5 Å². The van der Waals surface area contributed by atoms with Gasteiger partial charge in [0.05, 0.1) is 11.9 Å². The van der Waals surface area contributed by atoms with Crippen LogP contribution in [0.3, 0.4) is 0 Å². The molecule has 106 valence electrons. The highest BCUT2D eigenvalue weighted by molar-refractivity contribution is 5.68. The van der Waals surface area contributed by atoms with Crippen LogP contribution >= 0.6 is 0 Å². The molecule has 0 aliphatic heterocycles. The minimum absolute atomic E-state index is 0.412. The van der Waals surface area contributed by atoms with Crippen molar-refractivity contribution in [3.05, 3.63) is 42.4 Å². The van der Waals surface area contributed by atoms with E-state index in [4.69, 9.17) is 4.74 Å². The molecule has 5 nitrogen and oxygen atoms in total. The smallest absolute Gasteiger partial charge is 0.407 e. The Morgan fingerprint density at radius 3 is 3.00 bits per heavy atom. The van der Waals surface area contributed by atoms with Crippen molar-refractivity contribution >= 4 is 17.8 Å². The number of ether oxygens (including phenoxy) is 1. The lowest BCUT2D eigenvalue weighted by atomic mass is 10.2. The summed E-state index contributed by atoms with van der Waals surface area (Å²) in [6, 6.07) is 5.83. The molecule has 2 aromatic rings. The van der Waals surface area contributed by atoms with Crippen LogP contribution in [0.15, 0.2) is 36.7 Å². The Morgan fingerprint density at radius 1 is 1.45 bits per heavy atom. The van der Waals surface area contributed by atoms with E-state index >= 15 is 0 Å². The normalized spacial score (nSPS) is 11.9. The third kappa shape index (κ3) is 3.85. The fourth-order valence-electron chi connectivity index (χ4n) is 1.71. The molecule has 20 heavy (non-hydrogen) atoms. The number of nitrogens with zero attached hydrogens (tertiary/aromatic N) is 2. The van der Waals surface area contributed by atoms with Crippen molar-refractivity contribution in [1.82, 2.24) is 14.7 Å². The van der Waals surface area contributed by atoms with Gasteiger partial charge in [0.15, 0.2) is 0 Å². The van der Waals surface area contributed by atoms with Crippen LogP contribution in [0.4, 0.5) is 4.79 Å². The number of aromatic nitrogens is 2. The van der Waals surface area contributed by atoms with Gasteiger partial charge in [-0.1, -0.05) is 12.1 Å². The summed E-state index contributed by atoms with van der Waals surface area (Å²) in [6.07, 6.45) is 7.10. The van der Waals surface area contributed by atoms with Gasteiger partial charge >= 0.3 is 6.09 Å².